The Bertz CT molecular complexity index is 569. The molecular weight excluding hydrogens is 381 g/mol. The fourth-order valence-electron chi connectivity index (χ4n) is 1.40. The van der Waals surface area contributed by atoms with Gasteiger partial charge in [-0.15, -0.1) is 0 Å². The lowest BCUT2D eigenvalue weighted by Gasteiger charge is -2.09. The van der Waals surface area contributed by atoms with Crippen molar-refractivity contribution >= 4 is 38.6 Å². The molecule has 0 saturated carbocycles. The molecule has 0 fully saturated rings. The van der Waals surface area contributed by atoms with E-state index in [1.165, 1.54) is 18.2 Å². The summed E-state index contributed by atoms with van der Waals surface area (Å²) in [5, 5.41) is 8.98. The van der Waals surface area contributed by atoms with Crippen molar-refractivity contribution in [3.05, 3.63) is 27.3 Å². The van der Waals surface area contributed by atoms with Gasteiger partial charge in [0.15, 0.2) is 0 Å². The van der Waals surface area contributed by atoms with Crippen molar-refractivity contribution in [1.82, 2.24) is 4.72 Å². The molecule has 5 nitrogen and oxygen atoms in total. The molecule has 7 heteroatoms. The van der Waals surface area contributed by atoms with Crippen LogP contribution in [0.5, 0.6) is 0 Å². The molecule has 0 radical (unpaired) electrons. The van der Waals surface area contributed by atoms with Crippen LogP contribution < -0.4 is 4.72 Å². The van der Waals surface area contributed by atoms with Crippen LogP contribution in [0.3, 0.4) is 0 Å². The lowest BCUT2D eigenvalue weighted by atomic mass is 10.1. The molecule has 0 aliphatic rings. The quantitative estimate of drug-likeness (QED) is 0.722. The average molecular weight is 397 g/mol. The highest BCUT2D eigenvalue weighted by molar-refractivity contribution is 14.1. The molecule has 2 N–H and O–H groups in total. The molecule has 0 spiro atoms. The van der Waals surface area contributed by atoms with Gasteiger partial charge in [-0.2, -0.15) is 0 Å². The third-order valence-electron chi connectivity index (χ3n) is 2.49. The van der Waals surface area contributed by atoms with Crippen molar-refractivity contribution in [1.29, 1.82) is 0 Å². The summed E-state index contributed by atoms with van der Waals surface area (Å²) in [6.45, 7) is 4.35. The summed E-state index contributed by atoms with van der Waals surface area (Å²) in [6, 6.07) is 4.08. The number of rotatable bonds is 6. The lowest BCUT2D eigenvalue weighted by Crippen LogP contribution is -2.26. The molecule has 1 aromatic rings. The van der Waals surface area contributed by atoms with E-state index in [0.29, 0.717) is 16.0 Å². The second-order valence-corrected chi connectivity index (χ2v) is 7.46. The predicted octanol–water partition coefficient (Wildman–Crippen LogP) is 2.31. The maximum Gasteiger partial charge on any atom is 0.336 e. The van der Waals surface area contributed by atoms with E-state index < -0.39 is 16.0 Å². The molecule has 0 aliphatic carbocycles. The van der Waals surface area contributed by atoms with E-state index in [1.807, 2.05) is 36.4 Å². The van der Waals surface area contributed by atoms with Crippen LogP contribution in [0.15, 0.2) is 23.1 Å². The number of halogens is 1. The summed E-state index contributed by atoms with van der Waals surface area (Å²) < 4.78 is 27.0. The van der Waals surface area contributed by atoms with Crippen molar-refractivity contribution in [3.8, 4) is 0 Å². The van der Waals surface area contributed by atoms with E-state index in [-0.39, 0.29) is 10.5 Å². The van der Waals surface area contributed by atoms with Crippen molar-refractivity contribution in [2.24, 2.45) is 5.92 Å². The molecule has 0 aromatic heterocycles. The van der Waals surface area contributed by atoms with Crippen LogP contribution >= 0.6 is 22.6 Å². The van der Waals surface area contributed by atoms with Gasteiger partial charge in [-0.1, -0.05) is 13.8 Å². The number of hydrogen-bond acceptors (Lipinski definition) is 3. The first-order chi connectivity index (χ1) is 8.74. The van der Waals surface area contributed by atoms with Crippen molar-refractivity contribution < 1.29 is 18.3 Å². The zero-order valence-electron chi connectivity index (χ0n) is 10.7. The van der Waals surface area contributed by atoms with Crippen molar-refractivity contribution in [3.63, 3.8) is 0 Å². The minimum atomic E-state index is -3.65. The molecule has 1 rings (SSSR count). The fraction of sp³-hybridized carbons (Fsp3) is 0.417. The summed E-state index contributed by atoms with van der Waals surface area (Å²) in [7, 11) is -3.65. The monoisotopic (exact) mass is 397 g/mol. The second kappa shape index (κ2) is 6.67. The van der Waals surface area contributed by atoms with E-state index in [9.17, 15) is 13.2 Å². The van der Waals surface area contributed by atoms with Crippen LogP contribution in [0.25, 0.3) is 0 Å². The summed E-state index contributed by atoms with van der Waals surface area (Å²) >= 11 is 1.86. The number of carboxylic acids is 1. The first-order valence-electron chi connectivity index (χ1n) is 5.76. The van der Waals surface area contributed by atoms with Crippen LogP contribution in [0.2, 0.25) is 0 Å². The van der Waals surface area contributed by atoms with Gasteiger partial charge in [0, 0.05) is 10.1 Å². The number of carboxylic acid groups (broad SMARTS) is 1. The zero-order valence-corrected chi connectivity index (χ0v) is 13.7. The van der Waals surface area contributed by atoms with Crippen LogP contribution in [-0.4, -0.2) is 26.0 Å². The summed E-state index contributed by atoms with van der Waals surface area (Å²) in [4.78, 5) is 11.0. The highest BCUT2D eigenvalue weighted by Crippen LogP contribution is 2.18. The highest BCUT2D eigenvalue weighted by atomic mass is 127. The summed E-state index contributed by atoms with van der Waals surface area (Å²) in [5.41, 5.74) is -0.00710. The molecule has 0 amide bonds. The van der Waals surface area contributed by atoms with E-state index in [1.54, 1.807) is 0 Å². The standard InChI is InChI=1S/C12H16INO4S/c1-8(2)5-6-14-19(17,18)9-3-4-11(13)10(7-9)12(15)16/h3-4,7-8,14H,5-6H2,1-2H3,(H,15,16). The Morgan fingerprint density at radius 2 is 2.05 bits per heavy atom. The number of aromatic carboxylic acids is 1. The third-order valence-corrected chi connectivity index (χ3v) is 4.89. The topological polar surface area (TPSA) is 83.5 Å². The molecule has 0 aliphatic heterocycles. The number of hydrogen-bond donors (Lipinski definition) is 2. The Labute approximate surface area is 126 Å². The summed E-state index contributed by atoms with van der Waals surface area (Å²) in [6.07, 6.45) is 0.732. The van der Waals surface area contributed by atoms with Gasteiger partial charge in [-0.3, -0.25) is 0 Å². The molecule has 0 bridgehead atoms. The zero-order chi connectivity index (χ0) is 14.6. The van der Waals surface area contributed by atoms with E-state index in [2.05, 4.69) is 4.72 Å². The summed E-state index contributed by atoms with van der Waals surface area (Å²) in [5.74, 6) is -0.738. The Hall–Kier alpha value is -0.670. The molecular formula is C12H16INO4S. The number of sulfonamides is 1. The van der Waals surface area contributed by atoms with Crippen LogP contribution in [-0.2, 0) is 10.0 Å². The molecule has 0 heterocycles. The molecule has 106 valence electrons. The smallest absolute Gasteiger partial charge is 0.336 e. The van der Waals surface area contributed by atoms with E-state index >= 15 is 0 Å². The fourth-order valence-corrected chi connectivity index (χ4v) is 3.04. The lowest BCUT2D eigenvalue weighted by molar-refractivity contribution is 0.0695. The third kappa shape index (κ3) is 4.73. The predicted molar refractivity (Wildman–Crippen MR) is 80.8 cm³/mol. The molecule has 0 unspecified atom stereocenters. The molecule has 0 saturated heterocycles. The SMILES string of the molecule is CC(C)CCNS(=O)(=O)c1ccc(I)c(C(=O)O)c1. The minimum Gasteiger partial charge on any atom is -0.478 e. The van der Waals surface area contributed by atoms with Crippen LogP contribution in [0.4, 0.5) is 0 Å². The Morgan fingerprint density at radius 1 is 1.42 bits per heavy atom. The first-order valence-corrected chi connectivity index (χ1v) is 8.32. The van der Waals surface area contributed by atoms with Gasteiger partial charge in [0.25, 0.3) is 0 Å². The maximum atomic E-state index is 12.0. The van der Waals surface area contributed by atoms with Gasteiger partial charge in [0.05, 0.1) is 10.5 Å². The van der Waals surface area contributed by atoms with Gasteiger partial charge in [0.2, 0.25) is 10.0 Å². The van der Waals surface area contributed by atoms with Crippen molar-refractivity contribution in [2.45, 2.75) is 25.2 Å². The van der Waals surface area contributed by atoms with Crippen LogP contribution in [0.1, 0.15) is 30.6 Å². The highest BCUT2D eigenvalue weighted by Gasteiger charge is 2.17. The van der Waals surface area contributed by atoms with Gasteiger partial charge in [-0.25, -0.2) is 17.9 Å². The Kier molecular flexibility index (Phi) is 5.75. The van der Waals surface area contributed by atoms with Crippen molar-refractivity contribution in [2.75, 3.05) is 6.54 Å². The largest absolute Gasteiger partial charge is 0.478 e. The van der Waals surface area contributed by atoms with Gasteiger partial charge in [-0.05, 0) is 53.1 Å². The number of carbonyl (C=O) groups is 1. The molecule has 1 aromatic carbocycles. The molecule has 19 heavy (non-hydrogen) atoms. The average Bonchev–Trinajstić information content (AvgIpc) is 2.27. The normalized spacial score (nSPS) is 11.8. The second-order valence-electron chi connectivity index (χ2n) is 4.53. The van der Waals surface area contributed by atoms with E-state index in [4.69, 9.17) is 5.11 Å². The van der Waals surface area contributed by atoms with Crippen LogP contribution in [0, 0.1) is 9.49 Å². The Morgan fingerprint density at radius 3 is 2.58 bits per heavy atom. The van der Waals surface area contributed by atoms with E-state index in [0.717, 1.165) is 6.42 Å². The minimum absolute atomic E-state index is 0.00710. The maximum absolute atomic E-state index is 12.0. The van der Waals surface area contributed by atoms with Gasteiger partial charge >= 0.3 is 5.97 Å². The van der Waals surface area contributed by atoms with Gasteiger partial charge in [0.1, 0.15) is 0 Å². The van der Waals surface area contributed by atoms with Gasteiger partial charge < -0.3 is 5.11 Å². The first kappa shape index (κ1) is 16.4. The number of benzene rings is 1. The molecule has 0 atom stereocenters. The Balaban J connectivity index is 2.96. The number of nitrogens with one attached hydrogen (secondary N) is 1.